The third kappa shape index (κ3) is 1.54. The number of fused-ring (bicyclic) bond motifs is 1. The number of aliphatic imine (C=N–C) groups is 1. The van der Waals surface area contributed by atoms with E-state index in [0.717, 1.165) is 28.8 Å². The minimum Gasteiger partial charge on any atom is -0.366 e. The van der Waals surface area contributed by atoms with E-state index < -0.39 is 0 Å². The number of amidine groups is 1. The van der Waals surface area contributed by atoms with Gasteiger partial charge in [-0.3, -0.25) is 9.98 Å². The Morgan fingerprint density at radius 1 is 1.31 bits per heavy atom. The normalized spacial score (nSPS) is 19.6. The molecule has 3 heteroatoms. The Morgan fingerprint density at radius 3 is 3.06 bits per heavy atom. The highest BCUT2D eigenvalue weighted by molar-refractivity contribution is 6.02. The molecule has 1 N–H and O–H groups in total. The lowest BCUT2D eigenvalue weighted by atomic mass is 10.1. The average Bonchev–Trinajstić information content (AvgIpc) is 2.75. The number of hydrogen-bond donors (Lipinski definition) is 1. The van der Waals surface area contributed by atoms with Crippen molar-refractivity contribution in [3.63, 3.8) is 0 Å². The highest BCUT2D eigenvalue weighted by atomic mass is 15.1. The van der Waals surface area contributed by atoms with Gasteiger partial charge in [-0.05, 0) is 31.2 Å². The van der Waals surface area contributed by atoms with Gasteiger partial charge in [0.05, 0.1) is 12.1 Å². The lowest BCUT2D eigenvalue weighted by molar-refractivity contribution is 0.726. The molecular formula is C13H13N3. The Bertz CT molecular complexity index is 560. The Morgan fingerprint density at radius 2 is 2.25 bits per heavy atom. The first kappa shape index (κ1) is 9.33. The third-order valence-corrected chi connectivity index (χ3v) is 2.78. The first-order valence-corrected chi connectivity index (χ1v) is 5.49. The highest BCUT2D eigenvalue weighted by Gasteiger charge is 2.14. The number of pyridine rings is 1. The quantitative estimate of drug-likeness (QED) is 0.783. The molecule has 0 saturated carbocycles. The van der Waals surface area contributed by atoms with E-state index in [1.165, 1.54) is 0 Å². The van der Waals surface area contributed by atoms with Gasteiger partial charge in [0, 0.05) is 23.2 Å². The molecule has 80 valence electrons. The lowest BCUT2D eigenvalue weighted by Gasteiger charge is -2.06. The van der Waals surface area contributed by atoms with Crippen molar-refractivity contribution in [3.05, 3.63) is 42.1 Å². The zero-order valence-electron chi connectivity index (χ0n) is 9.14. The average molecular weight is 211 g/mol. The van der Waals surface area contributed by atoms with Crippen LogP contribution in [0.15, 0.2) is 41.5 Å². The largest absolute Gasteiger partial charge is 0.366 e. The van der Waals surface area contributed by atoms with Gasteiger partial charge in [-0.1, -0.05) is 6.07 Å². The molecule has 2 heterocycles. The molecule has 1 aromatic heterocycles. The van der Waals surface area contributed by atoms with Crippen LogP contribution in [0.2, 0.25) is 0 Å². The van der Waals surface area contributed by atoms with Crippen LogP contribution in [0, 0.1) is 0 Å². The number of aromatic nitrogens is 1. The molecular weight excluding hydrogens is 198 g/mol. The van der Waals surface area contributed by atoms with Gasteiger partial charge in [0.15, 0.2) is 0 Å². The van der Waals surface area contributed by atoms with E-state index in [2.05, 4.69) is 40.4 Å². The molecule has 0 radical (unpaired) electrons. The zero-order valence-corrected chi connectivity index (χ0v) is 9.14. The molecule has 3 nitrogen and oxygen atoms in total. The lowest BCUT2D eigenvalue weighted by Crippen LogP contribution is -2.27. The maximum absolute atomic E-state index is 4.48. The van der Waals surface area contributed by atoms with E-state index in [-0.39, 0.29) is 0 Å². The molecule has 1 aliphatic heterocycles. The molecule has 0 aliphatic carbocycles. The maximum atomic E-state index is 4.48. The minimum atomic E-state index is 0.444. The zero-order chi connectivity index (χ0) is 11.0. The number of benzene rings is 1. The van der Waals surface area contributed by atoms with Crippen LogP contribution in [-0.4, -0.2) is 23.4 Å². The van der Waals surface area contributed by atoms with Crippen LogP contribution >= 0.6 is 0 Å². The predicted octanol–water partition coefficient (Wildman–Crippen LogP) is 1.97. The van der Waals surface area contributed by atoms with E-state index >= 15 is 0 Å². The monoisotopic (exact) mass is 211 g/mol. The summed E-state index contributed by atoms with van der Waals surface area (Å²) in [5, 5.41) is 4.52. The Balaban J connectivity index is 2.05. The van der Waals surface area contributed by atoms with Crippen molar-refractivity contribution in [3.8, 4) is 0 Å². The molecule has 16 heavy (non-hydrogen) atoms. The van der Waals surface area contributed by atoms with Crippen molar-refractivity contribution in [1.82, 2.24) is 10.3 Å². The summed E-state index contributed by atoms with van der Waals surface area (Å²) >= 11 is 0. The van der Waals surface area contributed by atoms with Crippen molar-refractivity contribution in [2.75, 3.05) is 6.54 Å². The highest BCUT2D eigenvalue weighted by Crippen LogP contribution is 2.15. The predicted molar refractivity (Wildman–Crippen MR) is 65.7 cm³/mol. The van der Waals surface area contributed by atoms with Gasteiger partial charge >= 0.3 is 0 Å². The van der Waals surface area contributed by atoms with Gasteiger partial charge in [0.25, 0.3) is 0 Å². The molecule has 3 rings (SSSR count). The van der Waals surface area contributed by atoms with Gasteiger partial charge < -0.3 is 5.32 Å². The summed E-state index contributed by atoms with van der Waals surface area (Å²) in [6.07, 6.45) is 1.81. The van der Waals surface area contributed by atoms with Crippen LogP contribution in [0.4, 0.5) is 0 Å². The van der Waals surface area contributed by atoms with Crippen LogP contribution in [-0.2, 0) is 0 Å². The number of rotatable bonds is 1. The molecule has 1 unspecified atom stereocenters. The summed E-state index contributed by atoms with van der Waals surface area (Å²) < 4.78 is 0. The summed E-state index contributed by atoms with van der Waals surface area (Å²) in [6, 6.07) is 10.7. The number of hydrogen-bond acceptors (Lipinski definition) is 3. The van der Waals surface area contributed by atoms with Crippen LogP contribution in [0.25, 0.3) is 10.9 Å². The smallest absolute Gasteiger partial charge is 0.128 e. The molecule has 0 bridgehead atoms. The van der Waals surface area contributed by atoms with E-state index in [9.17, 15) is 0 Å². The van der Waals surface area contributed by atoms with E-state index in [1.54, 1.807) is 0 Å². The Hall–Kier alpha value is -1.90. The van der Waals surface area contributed by atoms with Crippen molar-refractivity contribution >= 4 is 16.7 Å². The fourth-order valence-electron chi connectivity index (χ4n) is 1.95. The summed E-state index contributed by atoms with van der Waals surface area (Å²) in [4.78, 5) is 8.78. The van der Waals surface area contributed by atoms with Crippen molar-refractivity contribution in [2.45, 2.75) is 13.0 Å². The fourth-order valence-corrected chi connectivity index (χ4v) is 1.95. The second-order valence-electron chi connectivity index (χ2n) is 4.15. The Kier molecular flexibility index (Phi) is 2.10. The molecule has 1 aromatic carbocycles. The van der Waals surface area contributed by atoms with Crippen LogP contribution in [0.1, 0.15) is 12.5 Å². The van der Waals surface area contributed by atoms with Crippen LogP contribution in [0.3, 0.4) is 0 Å². The number of nitrogens with one attached hydrogen (secondary N) is 1. The molecule has 2 aromatic rings. The molecule has 0 spiro atoms. The van der Waals surface area contributed by atoms with Gasteiger partial charge in [-0.2, -0.15) is 0 Å². The molecule has 0 saturated heterocycles. The summed E-state index contributed by atoms with van der Waals surface area (Å²) in [5.41, 5.74) is 2.17. The maximum Gasteiger partial charge on any atom is 0.128 e. The van der Waals surface area contributed by atoms with Crippen LogP contribution in [0.5, 0.6) is 0 Å². The third-order valence-electron chi connectivity index (χ3n) is 2.78. The van der Waals surface area contributed by atoms with E-state index in [4.69, 9.17) is 0 Å². The second-order valence-corrected chi connectivity index (χ2v) is 4.15. The first-order valence-electron chi connectivity index (χ1n) is 5.49. The molecule has 1 aliphatic rings. The SMILES string of the molecule is CC1CN=C(c2ccc3ncccc3c2)N1. The van der Waals surface area contributed by atoms with Crippen molar-refractivity contribution < 1.29 is 0 Å². The second kappa shape index (κ2) is 3.59. The molecule has 0 amide bonds. The molecule has 0 fully saturated rings. The summed E-state index contributed by atoms with van der Waals surface area (Å²) in [6.45, 7) is 3.00. The van der Waals surface area contributed by atoms with Crippen LogP contribution < -0.4 is 5.32 Å². The van der Waals surface area contributed by atoms with Gasteiger partial charge in [-0.25, -0.2) is 0 Å². The summed E-state index contributed by atoms with van der Waals surface area (Å²) in [5.74, 6) is 0.998. The van der Waals surface area contributed by atoms with Crippen molar-refractivity contribution in [1.29, 1.82) is 0 Å². The van der Waals surface area contributed by atoms with Crippen molar-refractivity contribution in [2.24, 2.45) is 4.99 Å². The molecule has 1 atom stereocenters. The van der Waals surface area contributed by atoms with Gasteiger partial charge in [0.2, 0.25) is 0 Å². The van der Waals surface area contributed by atoms with E-state index in [0.29, 0.717) is 6.04 Å². The van der Waals surface area contributed by atoms with Gasteiger partial charge in [0.1, 0.15) is 5.84 Å². The topological polar surface area (TPSA) is 37.3 Å². The summed E-state index contributed by atoms with van der Waals surface area (Å²) in [7, 11) is 0. The standard InChI is InChI=1S/C13H13N3/c1-9-8-15-13(16-9)11-4-5-12-10(7-11)3-2-6-14-12/h2-7,9H,8H2,1H3,(H,15,16). The number of nitrogens with zero attached hydrogens (tertiary/aromatic N) is 2. The van der Waals surface area contributed by atoms with Gasteiger partial charge in [-0.15, -0.1) is 0 Å². The fraction of sp³-hybridized carbons (Fsp3) is 0.231. The minimum absolute atomic E-state index is 0.444. The van der Waals surface area contributed by atoms with E-state index in [1.807, 2.05) is 18.3 Å². The Labute approximate surface area is 94.2 Å². The first-order chi connectivity index (χ1) is 7.83.